The summed E-state index contributed by atoms with van der Waals surface area (Å²) >= 11 is 1.58. The Kier molecular flexibility index (Phi) is 4.37. The number of nitrogens with one attached hydrogen (secondary N) is 1. The minimum Gasteiger partial charge on any atom is -0.478 e. The Labute approximate surface area is 120 Å². The van der Waals surface area contributed by atoms with Crippen LogP contribution in [-0.2, 0) is 6.54 Å². The molecule has 2 rings (SSSR count). The third kappa shape index (κ3) is 3.58. The molecule has 0 fully saturated rings. The van der Waals surface area contributed by atoms with Gasteiger partial charge in [0.15, 0.2) is 0 Å². The van der Waals surface area contributed by atoms with Crippen LogP contribution in [0, 0.1) is 0 Å². The largest absolute Gasteiger partial charge is 0.478 e. The average molecular weight is 290 g/mol. The van der Waals surface area contributed by atoms with Gasteiger partial charge in [0.05, 0.1) is 12.1 Å². The SMILES string of the molecule is CN(Cc1cccs1)C(=O)Nc1cccc(C(=O)O)c1. The maximum absolute atomic E-state index is 12.0. The molecule has 0 spiro atoms. The van der Waals surface area contributed by atoms with Crippen LogP contribution in [0.5, 0.6) is 0 Å². The number of anilines is 1. The molecule has 2 N–H and O–H groups in total. The minimum absolute atomic E-state index is 0.142. The van der Waals surface area contributed by atoms with E-state index in [2.05, 4.69) is 5.32 Å². The van der Waals surface area contributed by atoms with E-state index in [-0.39, 0.29) is 11.6 Å². The molecule has 20 heavy (non-hydrogen) atoms. The quantitative estimate of drug-likeness (QED) is 0.909. The van der Waals surface area contributed by atoms with Crippen molar-refractivity contribution in [3.05, 3.63) is 52.2 Å². The minimum atomic E-state index is -1.02. The standard InChI is InChI=1S/C14H14N2O3S/c1-16(9-12-6-3-7-20-12)14(19)15-11-5-2-4-10(8-11)13(17)18/h2-8H,9H2,1H3,(H,15,19)(H,17,18). The van der Waals surface area contributed by atoms with E-state index < -0.39 is 5.97 Å². The van der Waals surface area contributed by atoms with Crippen molar-refractivity contribution in [1.82, 2.24) is 4.90 Å². The van der Waals surface area contributed by atoms with Gasteiger partial charge in [0.25, 0.3) is 0 Å². The molecule has 1 aromatic heterocycles. The lowest BCUT2D eigenvalue weighted by atomic mass is 10.2. The highest BCUT2D eigenvalue weighted by atomic mass is 32.1. The summed E-state index contributed by atoms with van der Waals surface area (Å²) in [7, 11) is 1.69. The van der Waals surface area contributed by atoms with Crippen LogP contribution in [0.25, 0.3) is 0 Å². The number of nitrogens with zero attached hydrogens (tertiary/aromatic N) is 1. The summed E-state index contributed by atoms with van der Waals surface area (Å²) in [6, 6.07) is 9.77. The molecule has 0 unspecified atom stereocenters. The van der Waals surface area contributed by atoms with Crippen LogP contribution >= 0.6 is 11.3 Å². The van der Waals surface area contributed by atoms with Crippen LogP contribution in [0.1, 0.15) is 15.2 Å². The van der Waals surface area contributed by atoms with E-state index in [1.807, 2.05) is 17.5 Å². The zero-order valence-corrected chi connectivity index (χ0v) is 11.7. The molecule has 0 radical (unpaired) electrons. The number of hydrogen-bond acceptors (Lipinski definition) is 3. The summed E-state index contributed by atoms with van der Waals surface area (Å²) in [5, 5.41) is 13.5. The molecule has 0 saturated carbocycles. The van der Waals surface area contributed by atoms with Crippen LogP contribution in [0.2, 0.25) is 0 Å². The van der Waals surface area contributed by atoms with Crippen molar-refractivity contribution < 1.29 is 14.7 Å². The van der Waals surface area contributed by atoms with Gasteiger partial charge in [-0.05, 0) is 29.6 Å². The van der Waals surface area contributed by atoms with Crippen molar-refractivity contribution >= 4 is 29.0 Å². The monoisotopic (exact) mass is 290 g/mol. The Balaban J connectivity index is 2.00. The summed E-state index contributed by atoms with van der Waals surface area (Å²) in [6.45, 7) is 0.516. The molecule has 6 heteroatoms. The first-order chi connectivity index (χ1) is 9.56. The van der Waals surface area contributed by atoms with Crippen LogP contribution in [0.3, 0.4) is 0 Å². The van der Waals surface area contributed by atoms with Gasteiger partial charge < -0.3 is 15.3 Å². The van der Waals surface area contributed by atoms with Gasteiger partial charge in [0, 0.05) is 17.6 Å². The Hall–Kier alpha value is -2.34. The zero-order chi connectivity index (χ0) is 14.5. The van der Waals surface area contributed by atoms with Gasteiger partial charge in [-0.25, -0.2) is 9.59 Å². The molecule has 5 nitrogen and oxygen atoms in total. The first kappa shape index (κ1) is 14.1. The van der Waals surface area contributed by atoms with E-state index in [9.17, 15) is 9.59 Å². The van der Waals surface area contributed by atoms with Gasteiger partial charge in [-0.3, -0.25) is 0 Å². The number of carboxylic acid groups (broad SMARTS) is 1. The number of thiophene rings is 1. The Morgan fingerprint density at radius 2 is 2.10 bits per heavy atom. The highest BCUT2D eigenvalue weighted by Gasteiger charge is 2.11. The molecule has 0 saturated heterocycles. The molecular formula is C14H14N2O3S. The average Bonchev–Trinajstić information content (AvgIpc) is 2.91. The molecule has 104 valence electrons. The summed E-state index contributed by atoms with van der Waals surface area (Å²) < 4.78 is 0. The van der Waals surface area contributed by atoms with Crippen molar-refractivity contribution in [2.24, 2.45) is 0 Å². The lowest BCUT2D eigenvalue weighted by molar-refractivity contribution is 0.0697. The van der Waals surface area contributed by atoms with Gasteiger partial charge in [-0.15, -0.1) is 11.3 Å². The fourth-order valence-corrected chi connectivity index (χ4v) is 2.41. The maximum atomic E-state index is 12.0. The molecule has 2 aromatic rings. The first-order valence-electron chi connectivity index (χ1n) is 5.94. The summed E-state index contributed by atoms with van der Waals surface area (Å²) in [5.74, 6) is -1.02. The Morgan fingerprint density at radius 1 is 1.30 bits per heavy atom. The fourth-order valence-electron chi connectivity index (χ4n) is 1.66. The predicted octanol–water partition coefficient (Wildman–Crippen LogP) is 3.11. The number of urea groups is 1. The van der Waals surface area contributed by atoms with E-state index in [1.165, 1.54) is 12.1 Å². The molecule has 1 aromatic carbocycles. The van der Waals surface area contributed by atoms with E-state index in [0.29, 0.717) is 12.2 Å². The van der Waals surface area contributed by atoms with Crippen LogP contribution < -0.4 is 5.32 Å². The lowest BCUT2D eigenvalue weighted by Crippen LogP contribution is -2.30. The molecule has 0 atom stereocenters. The number of aromatic carboxylic acids is 1. The van der Waals surface area contributed by atoms with Gasteiger partial charge in [0.2, 0.25) is 0 Å². The first-order valence-corrected chi connectivity index (χ1v) is 6.82. The Bertz CT molecular complexity index is 611. The van der Waals surface area contributed by atoms with Gasteiger partial charge in [0.1, 0.15) is 0 Å². The van der Waals surface area contributed by atoms with E-state index >= 15 is 0 Å². The highest BCUT2D eigenvalue weighted by Crippen LogP contribution is 2.14. The zero-order valence-electron chi connectivity index (χ0n) is 10.9. The normalized spacial score (nSPS) is 10.1. The molecule has 1 heterocycles. The topological polar surface area (TPSA) is 69.6 Å². The third-order valence-corrected chi connectivity index (χ3v) is 3.54. The molecule has 0 aliphatic carbocycles. The molecule has 0 aliphatic rings. The second kappa shape index (κ2) is 6.21. The number of rotatable bonds is 4. The summed E-state index contributed by atoms with van der Waals surface area (Å²) in [4.78, 5) is 25.5. The number of hydrogen-bond donors (Lipinski definition) is 2. The Morgan fingerprint density at radius 3 is 2.75 bits per heavy atom. The highest BCUT2D eigenvalue weighted by molar-refractivity contribution is 7.09. The second-order valence-corrected chi connectivity index (χ2v) is 5.28. The number of carbonyl (C=O) groups excluding carboxylic acids is 1. The van der Waals surface area contributed by atoms with E-state index in [1.54, 1.807) is 35.4 Å². The van der Waals surface area contributed by atoms with Crippen molar-refractivity contribution in [1.29, 1.82) is 0 Å². The summed E-state index contributed by atoms with van der Waals surface area (Å²) in [6.07, 6.45) is 0. The number of carboxylic acids is 1. The van der Waals surface area contributed by atoms with E-state index in [0.717, 1.165) is 4.88 Å². The predicted molar refractivity (Wildman–Crippen MR) is 78.2 cm³/mol. The maximum Gasteiger partial charge on any atom is 0.335 e. The number of benzene rings is 1. The van der Waals surface area contributed by atoms with Crippen LogP contribution in [0.4, 0.5) is 10.5 Å². The molecule has 0 bridgehead atoms. The molecular weight excluding hydrogens is 276 g/mol. The van der Waals surface area contributed by atoms with Gasteiger partial charge in [-0.1, -0.05) is 12.1 Å². The van der Waals surface area contributed by atoms with Crippen molar-refractivity contribution in [2.75, 3.05) is 12.4 Å². The third-order valence-electron chi connectivity index (χ3n) is 2.68. The van der Waals surface area contributed by atoms with Crippen molar-refractivity contribution in [3.8, 4) is 0 Å². The van der Waals surface area contributed by atoms with Gasteiger partial charge in [-0.2, -0.15) is 0 Å². The molecule has 0 aliphatic heterocycles. The fraction of sp³-hybridized carbons (Fsp3) is 0.143. The van der Waals surface area contributed by atoms with Gasteiger partial charge >= 0.3 is 12.0 Å². The van der Waals surface area contributed by atoms with Crippen LogP contribution in [0.15, 0.2) is 41.8 Å². The smallest absolute Gasteiger partial charge is 0.335 e. The van der Waals surface area contributed by atoms with E-state index in [4.69, 9.17) is 5.11 Å². The number of carbonyl (C=O) groups is 2. The molecule has 2 amide bonds. The second-order valence-electron chi connectivity index (χ2n) is 4.25. The van der Waals surface area contributed by atoms with Crippen molar-refractivity contribution in [2.45, 2.75) is 6.54 Å². The van der Waals surface area contributed by atoms with Crippen molar-refractivity contribution in [3.63, 3.8) is 0 Å². The lowest BCUT2D eigenvalue weighted by Gasteiger charge is -2.17. The summed E-state index contributed by atoms with van der Waals surface area (Å²) in [5.41, 5.74) is 0.608. The number of amides is 2. The van der Waals surface area contributed by atoms with Crippen LogP contribution in [-0.4, -0.2) is 29.1 Å².